The van der Waals surface area contributed by atoms with Crippen LogP contribution in [-0.4, -0.2) is 66.6 Å². The first-order chi connectivity index (χ1) is 16.3. The molecule has 2 aromatic rings. The van der Waals surface area contributed by atoms with Crippen LogP contribution in [0.15, 0.2) is 41.0 Å². The number of hydrogen-bond acceptors (Lipinski definition) is 11. The van der Waals surface area contributed by atoms with E-state index in [4.69, 9.17) is 16.3 Å². The van der Waals surface area contributed by atoms with Gasteiger partial charge < -0.3 is 26.7 Å². The number of β-lactam (4-membered cyclic amide) rings is 1. The highest BCUT2D eigenvalue weighted by Crippen LogP contribution is 2.40. The molecule has 1 saturated heterocycles. The molecule has 178 valence electrons. The molecule has 15 heteroatoms. The maximum absolute atomic E-state index is 12.9. The van der Waals surface area contributed by atoms with Crippen LogP contribution in [0.5, 0.6) is 0 Å². The zero-order chi connectivity index (χ0) is 24.4. The fourth-order valence-electron chi connectivity index (χ4n) is 3.45. The van der Waals surface area contributed by atoms with E-state index in [9.17, 15) is 19.5 Å². The minimum atomic E-state index is -1.21. The number of pyridine rings is 1. The van der Waals surface area contributed by atoms with E-state index in [2.05, 4.69) is 19.8 Å². The third-order valence-corrected chi connectivity index (χ3v) is 6.86. The van der Waals surface area contributed by atoms with Crippen LogP contribution in [0.2, 0.25) is 0 Å². The van der Waals surface area contributed by atoms with Gasteiger partial charge in [-0.3, -0.25) is 14.5 Å². The number of aliphatic carboxylic acids is 1. The van der Waals surface area contributed by atoms with Crippen molar-refractivity contribution in [2.24, 2.45) is 5.16 Å². The van der Waals surface area contributed by atoms with Crippen molar-refractivity contribution in [3.63, 3.8) is 0 Å². The van der Waals surface area contributed by atoms with Gasteiger partial charge in [0.05, 0.1) is 0 Å². The first-order valence-electron chi connectivity index (χ1n) is 10.0. The van der Waals surface area contributed by atoms with Crippen LogP contribution in [-0.2, 0) is 25.8 Å². The minimum absolute atomic E-state index is 0.0256. The van der Waals surface area contributed by atoms with Crippen molar-refractivity contribution in [1.82, 2.24) is 19.6 Å². The van der Waals surface area contributed by atoms with Crippen molar-refractivity contribution in [3.8, 4) is 0 Å². The van der Waals surface area contributed by atoms with Crippen LogP contribution in [0.25, 0.3) is 0 Å². The summed E-state index contributed by atoms with van der Waals surface area (Å²) in [6.45, 7) is 2.17. The second kappa shape index (κ2) is 9.64. The first-order valence-corrected chi connectivity index (χ1v) is 11.9. The highest BCUT2D eigenvalue weighted by Gasteiger charge is 2.54. The highest BCUT2D eigenvalue weighted by atomic mass is 32.2. The summed E-state index contributed by atoms with van der Waals surface area (Å²) >= 11 is 2.25. The molecule has 1 fully saturated rings. The Kier molecular flexibility index (Phi) is 6.65. The lowest BCUT2D eigenvalue weighted by Gasteiger charge is -2.49. The largest absolute Gasteiger partial charge is 0.477 e. The van der Waals surface area contributed by atoms with E-state index in [0.717, 1.165) is 11.5 Å². The molecule has 2 amide bonds. The third kappa shape index (κ3) is 4.51. The summed E-state index contributed by atoms with van der Waals surface area (Å²) in [5.74, 6) is -2.14. The van der Waals surface area contributed by atoms with Crippen molar-refractivity contribution in [1.29, 1.82) is 0 Å². The van der Waals surface area contributed by atoms with E-state index in [1.807, 2.05) is 0 Å². The lowest BCUT2D eigenvalue weighted by atomic mass is 10.0. The number of aromatic nitrogens is 3. The molecule has 2 aliphatic heterocycles. The van der Waals surface area contributed by atoms with Gasteiger partial charge in [0.2, 0.25) is 11.5 Å². The van der Waals surface area contributed by atoms with Gasteiger partial charge in [-0.25, -0.2) is 9.36 Å². The molecule has 2 aliphatic rings. The molecule has 0 saturated carbocycles. The van der Waals surface area contributed by atoms with E-state index < -0.39 is 29.2 Å². The lowest BCUT2D eigenvalue weighted by molar-refractivity contribution is -0.688. The summed E-state index contributed by atoms with van der Waals surface area (Å²) in [7, 11) is 0. The number of rotatable bonds is 8. The van der Waals surface area contributed by atoms with Gasteiger partial charge >= 0.3 is 5.97 Å². The molecule has 2 aromatic heterocycles. The number of carbonyl (C=O) groups excluding carboxylic acids is 2. The molecule has 34 heavy (non-hydrogen) atoms. The molecule has 0 spiro atoms. The third-order valence-electron chi connectivity index (χ3n) is 4.98. The van der Waals surface area contributed by atoms with Crippen molar-refractivity contribution < 1.29 is 28.9 Å². The Hall–Kier alpha value is -3.72. The molecule has 0 bridgehead atoms. The van der Waals surface area contributed by atoms with E-state index in [1.54, 1.807) is 36.0 Å². The molecular weight excluding hydrogens is 484 g/mol. The van der Waals surface area contributed by atoms with Crippen molar-refractivity contribution in [2.75, 3.05) is 23.8 Å². The summed E-state index contributed by atoms with van der Waals surface area (Å²) in [5.41, 5.74) is 12.1. The lowest BCUT2D eigenvalue weighted by Crippen LogP contribution is -2.71. The molecule has 1 unspecified atom stereocenters. The number of fused-ring (bicyclic) bond motifs is 1. The number of anilines is 2. The maximum atomic E-state index is 12.9. The predicted octanol–water partition coefficient (Wildman–Crippen LogP) is -0.831. The summed E-state index contributed by atoms with van der Waals surface area (Å²) < 4.78 is 5.75. The Labute approximate surface area is 201 Å². The molecule has 2 atom stereocenters. The quantitative estimate of drug-likeness (QED) is 0.152. The van der Waals surface area contributed by atoms with Gasteiger partial charge in [-0.15, -0.1) is 11.8 Å². The van der Waals surface area contributed by atoms with E-state index in [1.165, 1.54) is 16.7 Å². The van der Waals surface area contributed by atoms with E-state index >= 15 is 0 Å². The fraction of sp³-hybridized carbons (Fsp3) is 0.316. The van der Waals surface area contributed by atoms with Gasteiger partial charge in [0.15, 0.2) is 24.1 Å². The first kappa shape index (κ1) is 23.4. The van der Waals surface area contributed by atoms with Gasteiger partial charge in [0.25, 0.3) is 11.8 Å². The van der Waals surface area contributed by atoms with Crippen LogP contribution in [0.3, 0.4) is 0 Å². The van der Waals surface area contributed by atoms with E-state index in [-0.39, 0.29) is 35.5 Å². The second-order valence-corrected chi connectivity index (χ2v) is 9.12. The number of carboxylic acids is 1. The number of nitrogens with zero attached hydrogens (tertiary/aromatic N) is 5. The van der Waals surface area contributed by atoms with Crippen LogP contribution in [0, 0.1) is 0 Å². The maximum Gasteiger partial charge on any atom is 0.352 e. The Morgan fingerprint density at radius 3 is 2.74 bits per heavy atom. The standard InChI is InChI=1S/C19H20N8O5S2/c1-2-32-24-11(14-23-19(21)34-25-14)15(28)22-12-16(29)27-13(18(30)31)9(8-33-17(12)27)7-26-5-3-10(20)4-6-26/h3-6,12,17,20H,2,7-8H2,1H3,(H4,21,22,23,25,28,30,31)/p+1/t12?,17-/m0/s1. The Morgan fingerprint density at radius 2 is 2.12 bits per heavy atom. The smallest absolute Gasteiger partial charge is 0.352 e. The molecular formula is C19H21N8O5S2+. The number of carboxylic acid groups (broad SMARTS) is 1. The number of hydrogen-bond donors (Lipinski definition) is 4. The molecule has 4 rings (SSSR count). The van der Waals surface area contributed by atoms with Gasteiger partial charge in [-0.2, -0.15) is 9.36 Å². The van der Waals surface area contributed by atoms with Crippen LogP contribution < -0.4 is 21.4 Å². The number of carbonyl (C=O) groups is 3. The summed E-state index contributed by atoms with van der Waals surface area (Å²) in [6, 6.07) is 2.46. The Balaban J connectivity index is 1.53. The normalized spacial score (nSPS) is 20.0. The molecule has 6 N–H and O–H groups in total. The van der Waals surface area contributed by atoms with Crippen molar-refractivity contribution >= 4 is 57.6 Å². The Bertz CT molecular complexity index is 1200. The number of oxime groups is 1. The van der Waals surface area contributed by atoms with Crippen LogP contribution in [0.1, 0.15) is 12.7 Å². The van der Waals surface area contributed by atoms with Gasteiger partial charge in [-0.05, 0) is 6.92 Å². The zero-order valence-electron chi connectivity index (χ0n) is 17.9. The average Bonchev–Trinajstić information content (AvgIpc) is 3.24. The number of amides is 2. The Morgan fingerprint density at radius 1 is 1.38 bits per heavy atom. The molecule has 4 heterocycles. The average molecular weight is 506 g/mol. The molecule has 13 nitrogen and oxygen atoms in total. The van der Waals surface area contributed by atoms with Crippen LogP contribution in [0.4, 0.5) is 10.8 Å². The number of nitrogen functional groups attached to an aromatic ring is 2. The number of nitrogens with two attached hydrogens (primary N) is 2. The van der Waals surface area contributed by atoms with Crippen molar-refractivity contribution in [2.45, 2.75) is 24.9 Å². The van der Waals surface area contributed by atoms with E-state index in [0.29, 0.717) is 17.0 Å². The fourth-order valence-corrected chi connectivity index (χ4v) is 5.22. The highest BCUT2D eigenvalue weighted by molar-refractivity contribution is 8.00. The summed E-state index contributed by atoms with van der Waals surface area (Å²) in [4.78, 5) is 48.0. The number of thioether (sulfide) groups is 1. The minimum Gasteiger partial charge on any atom is -0.477 e. The monoisotopic (exact) mass is 505 g/mol. The predicted molar refractivity (Wildman–Crippen MR) is 123 cm³/mol. The summed E-state index contributed by atoms with van der Waals surface area (Å²) in [6.07, 6.45) is 3.47. The van der Waals surface area contributed by atoms with Crippen LogP contribution >= 0.6 is 23.3 Å². The van der Waals surface area contributed by atoms with Gasteiger partial charge in [0.1, 0.15) is 23.7 Å². The zero-order valence-corrected chi connectivity index (χ0v) is 19.5. The van der Waals surface area contributed by atoms with Gasteiger partial charge in [-0.1, -0.05) is 5.16 Å². The molecule has 0 aliphatic carbocycles. The second-order valence-electron chi connectivity index (χ2n) is 7.24. The SMILES string of the molecule is CCON=C(C(=O)NC1C(=O)N2C(C(=O)O)=C(C[n+]3ccc(N)cc3)CS[C@@H]12)c1nsc(N)n1. The molecule has 0 aromatic carbocycles. The summed E-state index contributed by atoms with van der Waals surface area (Å²) in [5, 5.41) is 15.8. The van der Waals surface area contributed by atoms with Gasteiger partial charge in [0, 0.05) is 40.7 Å². The molecule has 0 radical (unpaired) electrons. The number of nitrogens with one attached hydrogen (secondary N) is 1. The van der Waals surface area contributed by atoms with Crippen molar-refractivity contribution in [3.05, 3.63) is 41.6 Å². The topological polar surface area (TPSA) is 190 Å².